The molecule has 0 atom stereocenters. The molecule has 0 aliphatic carbocycles. The first-order valence-electron chi connectivity index (χ1n) is 6.44. The van der Waals surface area contributed by atoms with E-state index in [1.807, 2.05) is 6.07 Å². The van der Waals surface area contributed by atoms with Gasteiger partial charge >= 0.3 is 0 Å². The van der Waals surface area contributed by atoms with Crippen LogP contribution < -0.4 is 10.0 Å². The Kier molecular flexibility index (Phi) is 5.20. The second-order valence-corrected chi connectivity index (χ2v) is 7.39. The molecule has 2 aromatic rings. The number of sulfonamides is 1. The standard InChI is InChI=1S/C15H15BrN2O3S/c1-22(20,21)18-14-8-3-2-5-12(14)10-17-15(19)11-6-4-7-13(16)9-11/h2-9,18H,10H2,1H3,(H,17,19). The highest BCUT2D eigenvalue weighted by atomic mass is 79.9. The molecule has 0 aromatic heterocycles. The maximum absolute atomic E-state index is 12.1. The van der Waals surface area contributed by atoms with Gasteiger partial charge in [-0.3, -0.25) is 9.52 Å². The van der Waals surface area contributed by atoms with Crippen LogP contribution >= 0.6 is 15.9 Å². The Labute approximate surface area is 137 Å². The molecule has 0 heterocycles. The molecule has 2 N–H and O–H groups in total. The molecule has 0 saturated heterocycles. The Balaban J connectivity index is 2.10. The van der Waals surface area contributed by atoms with Gasteiger partial charge in [0.15, 0.2) is 0 Å². The number of halogens is 1. The summed E-state index contributed by atoms with van der Waals surface area (Å²) >= 11 is 3.31. The zero-order valence-corrected chi connectivity index (χ0v) is 14.2. The number of amides is 1. The Morgan fingerprint density at radius 1 is 1.14 bits per heavy atom. The first kappa shape index (κ1) is 16.5. The lowest BCUT2D eigenvalue weighted by molar-refractivity contribution is 0.0951. The van der Waals surface area contributed by atoms with Crippen LogP contribution in [0.2, 0.25) is 0 Å². The fourth-order valence-corrected chi connectivity index (χ4v) is 2.88. The number of anilines is 1. The first-order valence-corrected chi connectivity index (χ1v) is 9.13. The van der Waals surface area contributed by atoms with Crippen LogP contribution in [0.5, 0.6) is 0 Å². The summed E-state index contributed by atoms with van der Waals surface area (Å²) in [6, 6.07) is 14.0. The molecule has 0 unspecified atom stereocenters. The third-order valence-corrected chi connectivity index (χ3v) is 3.92. The topological polar surface area (TPSA) is 75.3 Å². The molecule has 1 amide bonds. The van der Waals surface area contributed by atoms with E-state index in [9.17, 15) is 13.2 Å². The molecule has 0 fully saturated rings. The van der Waals surface area contributed by atoms with Gasteiger partial charge in [0.05, 0.1) is 11.9 Å². The van der Waals surface area contributed by atoms with E-state index in [1.54, 1.807) is 42.5 Å². The molecule has 0 aliphatic rings. The molecule has 7 heteroatoms. The average Bonchev–Trinajstić information content (AvgIpc) is 2.44. The number of nitrogens with one attached hydrogen (secondary N) is 2. The highest BCUT2D eigenvalue weighted by molar-refractivity contribution is 9.10. The smallest absolute Gasteiger partial charge is 0.251 e. The molecule has 5 nitrogen and oxygen atoms in total. The van der Waals surface area contributed by atoms with Crippen molar-refractivity contribution in [2.75, 3.05) is 11.0 Å². The quantitative estimate of drug-likeness (QED) is 0.834. The summed E-state index contributed by atoms with van der Waals surface area (Å²) in [5.74, 6) is -0.226. The highest BCUT2D eigenvalue weighted by Gasteiger charge is 2.09. The van der Waals surface area contributed by atoms with E-state index in [-0.39, 0.29) is 12.5 Å². The van der Waals surface area contributed by atoms with Crippen LogP contribution in [-0.4, -0.2) is 20.6 Å². The minimum absolute atomic E-state index is 0.226. The number of hydrogen-bond acceptors (Lipinski definition) is 3. The normalized spacial score (nSPS) is 11.0. The minimum Gasteiger partial charge on any atom is -0.348 e. The van der Waals surface area contributed by atoms with Crippen LogP contribution in [0.3, 0.4) is 0 Å². The predicted molar refractivity (Wildman–Crippen MR) is 90.2 cm³/mol. The van der Waals surface area contributed by atoms with E-state index in [0.29, 0.717) is 16.8 Å². The number of rotatable bonds is 5. The van der Waals surface area contributed by atoms with Crippen molar-refractivity contribution in [2.24, 2.45) is 0 Å². The van der Waals surface area contributed by atoms with Gasteiger partial charge < -0.3 is 5.32 Å². The van der Waals surface area contributed by atoms with Crippen LogP contribution in [0.15, 0.2) is 53.0 Å². The largest absolute Gasteiger partial charge is 0.348 e. The third-order valence-electron chi connectivity index (χ3n) is 2.84. The number of benzene rings is 2. The van der Waals surface area contributed by atoms with E-state index in [4.69, 9.17) is 0 Å². The summed E-state index contributed by atoms with van der Waals surface area (Å²) in [6.07, 6.45) is 1.09. The molecular weight excluding hydrogens is 368 g/mol. The predicted octanol–water partition coefficient (Wildman–Crippen LogP) is 2.75. The second-order valence-electron chi connectivity index (χ2n) is 4.72. The van der Waals surface area contributed by atoms with Crippen LogP contribution in [0.25, 0.3) is 0 Å². The highest BCUT2D eigenvalue weighted by Crippen LogP contribution is 2.16. The van der Waals surface area contributed by atoms with Gasteiger partial charge in [-0.15, -0.1) is 0 Å². The second kappa shape index (κ2) is 6.93. The summed E-state index contributed by atoms with van der Waals surface area (Å²) in [7, 11) is -3.36. The fraction of sp³-hybridized carbons (Fsp3) is 0.133. The van der Waals surface area contributed by atoms with Gasteiger partial charge in [0, 0.05) is 16.6 Å². The lowest BCUT2D eigenvalue weighted by atomic mass is 10.1. The van der Waals surface area contributed by atoms with Crippen molar-refractivity contribution in [3.05, 3.63) is 64.1 Å². The van der Waals surface area contributed by atoms with Gasteiger partial charge in [0.1, 0.15) is 0 Å². The Hall–Kier alpha value is -1.86. The van der Waals surface area contributed by atoms with E-state index in [0.717, 1.165) is 10.7 Å². The van der Waals surface area contributed by atoms with Crippen molar-refractivity contribution in [2.45, 2.75) is 6.54 Å². The monoisotopic (exact) mass is 382 g/mol. The van der Waals surface area contributed by atoms with Crippen molar-refractivity contribution in [1.29, 1.82) is 0 Å². The Morgan fingerprint density at radius 3 is 2.55 bits per heavy atom. The van der Waals surface area contributed by atoms with Crippen molar-refractivity contribution < 1.29 is 13.2 Å². The zero-order valence-electron chi connectivity index (χ0n) is 11.8. The summed E-state index contributed by atoms with van der Waals surface area (Å²) in [4.78, 5) is 12.1. The molecule has 0 bridgehead atoms. The van der Waals surface area contributed by atoms with Gasteiger partial charge in [-0.25, -0.2) is 8.42 Å². The Bertz CT molecular complexity index is 791. The van der Waals surface area contributed by atoms with E-state index in [1.165, 1.54) is 0 Å². The molecule has 0 radical (unpaired) electrons. The lowest BCUT2D eigenvalue weighted by Crippen LogP contribution is -2.23. The first-order chi connectivity index (χ1) is 10.3. The van der Waals surface area contributed by atoms with Crippen molar-refractivity contribution >= 4 is 37.5 Å². The molecule has 0 aliphatic heterocycles. The van der Waals surface area contributed by atoms with E-state index < -0.39 is 10.0 Å². The summed E-state index contributed by atoms with van der Waals surface area (Å²) in [6.45, 7) is 0.226. The molecule has 22 heavy (non-hydrogen) atoms. The van der Waals surface area contributed by atoms with Crippen LogP contribution in [0, 0.1) is 0 Å². The number of para-hydroxylation sites is 1. The summed E-state index contributed by atoms with van der Waals surface area (Å²) in [5, 5.41) is 2.77. The van der Waals surface area contributed by atoms with Gasteiger partial charge in [0.25, 0.3) is 5.91 Å². The third kappa shape index (κ3) is 4.85. The number of carbonyl (C=O) groups excluding carboxylic acids is 1. The molecular formula is C15H15BrN2O3S. The zero-order chi connectivity index (χ0) is 16.2. The molecule has 0 saturated carbocycles. The molecule has 0 spiro atoms. The number of carbonyl (C=O) groups is 1. The van der Waals surface area contributed by atoms with Gasteiger partial charge in [-0.1, -0.05) is 40.2 Å². The summed E-state index contributed by atoms with van der Waals surface area (Å²) in [5.41, 5.74) is 1.68. The molecule has 116 valence electrons. The maximum atomic E-state index is 12.1. The van der Waals surface area contributed by atoms with Gasteiger partial charge in [-0.2, -0.15) is 0 Å². The number of hydrogen-bond donors (Lipinski definition) is 2. The van der Waals surface area contributed by atoms with Crippen LogP contribution in [0.1, 0.15) is 15.9 Å². The van der Waals surface area contributed by atoms with E-state index >= 15 is 0 Å². The van der Waals surface area contributed by atoms with Crippen molar-refractivity contribution in [1.82, 2.24) is 5.32 Å². The SMILES string of the molecule is CS(=O)(=O)Nc1ccccc1CNC(=O)c1cccc(Br)c1. The van der Waals surface area contributed by atoms with E-state index in [2.05, 4.69) is 26.0 Å². The van der Waals surface area contributed by atoms with Gasteiger partial charge in [0.2, 0.25) is 10.0 Å². The molecule has 2 aromatic carbocycles. The van der Waals surface area contributed by atoms with Crippen molar-refractivity contribution in [3.8, 4) is 0 Å². The Morgan fingerprint density at radius 2 is 1.86 bits per heavy atom. The maximum Gasteiger partial charge on any atom is 0.251 e. The average molecular weight is 383 g/mol. The molecule has 2 rings (SSSR count). The lowest BCUT2D eigenvalue weighted by Gasteiger charge is -2.11. The summed E-state index contributed by atoms with van der Waals surface area (Å²) < 4.78 is 25.9. The van der Waals surface area contributed by atoms with Crippen molar-refractivity contribution in [3.63, 3.8) is 0 Å². The van der Waals surface area contributed by atoms with Crippen LogP contribution in [0.4, 0.5) is 5.69 Å². The van der Waals surface area contributed by atoms with Gasteiger partial charge in [-0.05, 0) is 29.8 Å². The minimum atomic E-state index is -3.36. The fourth-order valence-electron chi connectivity index (χ4n) is 1.88. The van der Waals surface area contributed by atoms with Crippen LogP contribution in [-0.2, 0) is 16.6 Å².